The monoisotopic (exact) mass is 514 g/mol. The lowest BCUT2D eigenvalue weighted by Crippen LogP contribution is -2.33. The highest BCUT2D eigenvalue weighted by Gasteiger charge is 2.23. The van der Waals surface area contributed by atoms with Crippen LogP contribution in [0.4, 0.5) is 15.8 Å². The van der Waals surface area contributed by atoms with Crippen molar-refractivity contribution in [3.63, 3.8) is 0 Å². The molecule has 1 amide bonds. The summed E-state index contributed by atoms with van der Waals surface area (Å²) in [5, 5.41) is 17.4. The Bertz CT molecular complexity index is 1360. The molecule has 7 nitrogen and oxygen atoms in total. The summed E-state index contributed by atoms with van der Waals surface area (Å²) >= 11 is 0. The molecular weight excluding hydrogens is 479 g/mol. The minimum atomic E-state index is -0.391. The summed E-state index contributed by atoms with van der Waals surface area (Å²) in [5.41, 5.74) is 4.96. The lowest BCUT2D eigenvalue weighted by atomic mass is 9.97. The predicted octanol–water partition coefficient (Wildman–Crippen LogP) is 6.28. The number of aryl methyl sites for hydroxylation is 1. The summed E-state index contributed by atoms with van der Waals surface area (Å²) < 4.78 is 16.1. The van der Waals surface area contributed by atoms with Crippen molar-refractivity contribution < 1.29 is 9.18 Å². The largest absolute Gasteiger partial charge is 0.367 e. The summed E-state index contributed by atoms with van der Waals surface area (Å²) in [6, 6.07) is 18.7. The van der Waals surface area contributed by atoms with Crippen LogP contribution >= 0.6 is 0 Å². The topological polar surface area (TPSA) is 86.8 Å². The van der Waals surface area contributed by atoms with Crippen LogP contribution in [-0.4, -0.2) is 39.6 Å². The zero-order valence-corrected chi connectivity index (χ0v) is 22.6. The Morgan fingerprint density at radius 3 is 2.24 bits per heavy atom. The van der Waals surface area contributed by atoms with Crippen molar-refractivity contribution in [1.82, 2.24) is 20.6 Å². The Kier molecular flexibility index (Phi) is 8.51. The van der Waals surface area contributed by atoms with Crippen LogP contribution in [0.25, 0.3) is 22.5 Å². The normalized spacial score (nSPS) is 11.3. The van der Waals surface area contributed by atoms with E-state index in [4.69, 9.17) is 0 Å². The summed E-state index contributed by atoms with van der Waals surface area (Å²) in [5.74, 6) is 0.437. The number of nitrogens with zero attached hydrogens (tertiary/aromatic N) is 4. The molecule has 2 N–H and O–H groups in total. The summed E-state index contributed by atoms with van der Waals surface area (Å²) in [4.78, 5) is 15.3. The molecule has 0 aliphatic rings. The highest BCUT2D eigenvalue weighted by atomic mass is 19.1. The van der Waals surface area contributed by atoms with Gasteiger partial charge in [-0.1, -0.05) is 81.8 Å². The molecule has 0 atom stereocenters. The Morgan fingerprint density at radius 2 is 1.63 bits per heavy atom. The number of tetrazole rings is 1. The highest BCUT2D eigenvalue weighted by Crippen LogP contribution is 2.38. The van der Waals surface area contributed by atoms with Crippen LogP contribution in [0.1, 0.15) is 38.8 Å². The molecule has 0 spiro atoms. The number of hydrogen-bond donors (Lipinski definition) is 2. The van der Waals surface area contributed by atoms with Crippen molar-refractivity contribution in [1.29, 1.82) is 0 Å². The summed E-state index contributed by atoms with van der Waals surface area (Å²) in [7, 11) is 0. The van der Waals surface area contributed by atoms with Gasteiger partial charge < -0.3 is 10.2 Å². The van der Waals surface area contributed by atoms with Crippen molar-refractivity contribution in [3.05, 3.63) is 77.6 Å². The second-order valence-electron chi connectivity index (χ2n) is 10.5. The van der Waals surface area contributed by atoms with Gasteiger partial charge in [-0.05, 0) is 52.8 Å². The van der Waals surface area contributed by atoms with Crippen molar-refractivity contribution in [2.24, 2.45) is 11.8 Å². The Labute approximate surface area is 223 Å². The first-order valence-corrected chi connectivity index (χ1v) is 13.0. The third-order valence-electron chi connectivity index (χ3n) is 6.13. The third-order valence-corrected chi connectivity index (χ3v) is 6.13. The molecule has 4 aromatic rings. The molecular formula is C30H35FN6O. The van der Waals surface area contributed by atoms with Gasteiger partial charge in [-0.25, -0.2) is 4.39 Å². The van der Waals surface area contributed by atoms with E-state index in [1.54, 1.807) is 0 Å². The van der Waals surface area contributed by atoms with E-state index in [0.717, 1.165) is 16.7 Å². The number of halogens is 1. The fourth-order valence-electron chi connectivity index (χ4n) is 4.60. The molecule has 0 aliphatic carbocycles. The minimum Gasteiger partial charge on any atom is -0.367 e. The number of benzene rings is 3. The molecule has 198 valence electrons. The first kappa shape index (κ1) is 27.0. The molecule has 0 radical (unpaired) electrons. The molecule has 38 heavy (non-hydrogen) atoms. The number of aromatic nitrogens is 4. The predicted molar refractivity (Wildman–Crippen MR) is 150 cm³/mol. The molecule has 0 fully saturated rings. The van der Waals surface area contributed by atoms with Crippen LogP contribution in [-0.2, 0) is 11.2 Å². The zero-order valence-electron chi connectivity index (χ0n) is 22.6. The van der Waals surface area contributed by atoms with E-state index in [0.29, 0.717) is 53.3 Å². The second kappa shape index (κ2) is 12.0. The third kappa shape index (κ3) is 6.62. The van der Waals surface area contributed by atoms with Crippen molar-refractivity contribution in [2.45, 2.75) is 41.0 Å². The fraction of sp³-hybridized carbons (Fsp3) is 0.333. The molecule has 1 heterocycles. The standard InChI is InChI=1S/C30H35FN6O/c1-19(2)17-37(18-20(3)4)29-26(31)15-23(24-8-6-7-9-25(24)30-33-35-36-34-30)16-27(29)32-28(38)14-22-12-10-21(5)11-13-22/h6-13,15-16,19-20H,14,17-18H2,1-5H3,(H,32,38)(H,33,34,35,36). The molecule has 0 unspecified atom stereocenters. The maximum atomic E-state index is 16.1. The van der Waals surface area contributed by atoms with Crippen LogP contribution in [0, 0.1) is 24.6 Å². The van der Waals surface area contributed by atoms with E-state index >= 15 is 4.39 Å². The van der Waals surface area contributed by atoms with E-state index in [-0.39, 0.29) is 12.3 Å². The van der Waals surface area contributed by atoms with Crippen LogP contribution in [0.15, 0.2) is 60.7 Å². The molecule has 0 aliphatic heterocycles. The van der Waals surface area contributed by atoms with E-state index in [9.17, 15) is 4.79 Å². The number of nitrogens with one attached hydrogen (secondary N) is 2. The van der Waals surface area contributed by atoms with Crippen molar-refractivity contribution >= 4 is 17.3 Å². The number of rotatable bonds is 10. The zero-order chi connectivity index (χ0) is 27.2. The maximum Gasteiger partial charge on any atom is 0.228 e. The Balaban J connectivity index is 1.79. The van der Waals surface area contributed by atoms with Gasteiger partial charge in [0.25, 0.3) is 0 Å². The van der Waals surface area contributed by atoms with E-state index in [2.05, 4.69) is 53.6 Å². The smallest absolute Gasteiger partial charge is 0.228 e. The number of H-pyrrole nitrogens is 1. The van der Waals surface area contributed by atoms with Gasteiger partial charge in [0.15, 0.2) is 0 Å². The number of carbonyl (C=O) groups excluding carboxylic acids is 1. The SMILES string of the molecule is Cc1ccc(CC(=O)Nc2cc(-c3ccccc3-c3nn[nH]n3)cc(F)c2N(CC(C)C)CC(C)C)cc1. The summed E-state index contributed by atoms with van der Waals surface area (Å²) in [6.45, 7) is 11.8. The average molecular weight is 515 g/mol. The van der Waals surface area contributed by atoms with Crippen LogP contribution < -0.4 is 10.2 Å². The number of amides is 1. The first-order chi connectivity index (χ1) is 18.2. The van der Waals surface area contributed by atoms with Gasteiger partial charge in [0.1, 0.15) is 5.82 Å². The van der Waals surface area contributed by atoms with Crippen molar-refractivity contribution in [2.75, 3.05) is 23.3 Å². The molecule has 1 aromatic heterocycles. The van der Waals surface area contributed by atoms with Gasteiger partial charge in [0, 0.05) is 18.7 Å². The van der Waals surface area contributed by atoms with Crippen LogP contribution in [0.2, 0.25) is 0 Å². The maximum absolute atomic E-state index is 16.1. The molecule has 3 aromatic carbocycles. The van der Waals surface area contributed by atoms with Gasteiger partial charge in [-0.3, -0.25) is 4.79 Å². The summed E-state index contributed by atoms with van der Waals surface area (Å²) in [6.07, 6.45) is 0.194. The number of aromatic amines is 1. The van der Waals surface area contributed by atoms with E-state index in [1.807, 2.05) is 66.4 Å². The van der Waals surface area contributed by atoms with Gasteiger partial charge in [-0.15, -0.1) is 10.2 Å². The highest BCUT2D eigenvalue weighted by molar-refractivity contribution is 5.97. The van der Waals surface area contributed by atoms with Crippen LogP contribution in [0.3, 0.4) is 0 Å². The quantitative estimate of drug-likeness (QED) is 0.260. The Morgan fingerprint density at radius 1 is 0.974 bits per heavy atom. The first-order valence-electron chi connectivity index (χ1n) is 13.0. The number of carbonyl (C=O) groups is 1. The lowest BCUT2D eigenvalue weighted by Gasteiger charge is -2.31. The second-order valence-corrected chi connectivity index (χ2v) is 10.5. The molecule has 0 saturated heterocycles. The minimum absolute atomic E-state index is 0.194. The fourth-order valence-corrected chi connectivity index (χ4v) is 4.60. The van der Waals surface area contributed by atoms with E-state index in [1.165, 1.54) is 6.07 Å². The Hall–Kier alpha value is -4.07. The molecule has 0 saturated carbocycles. The van der Waals surface area contributed by atoms with Gasteiger partial charge in [-0.2, -0.15) is 5.21 Å². The van der Waals surface area contributed by atoms with E-state index < -0.39 is 5.82 Å². The number of anilines is 2. The molecule has 4 rings (SSSR count). The number of hydrogen-bond acceptors (Lipinski definition) is 5. The van der Waals surface area contributed by atoms with Gasteiger partial charge in [0.05, 0.1) is 17.8 Å². The van der Waals surface area contributed by atoms with Crippen molar-refractivity contribution in [3.8, 4) is 22.5 Å². The lowest BCUT2D eigenvalue weighted by molar-refractivity contribution is -0.115. The van der Waals surface area contributed by atoms with Crippen LogP contribution in [0.5, 0.6) is 0 Å². The molecule has 8 heteroatoms. The van der Waals surface area contributed by atoms with Gasteiger partial charge in [0.2, 0.25) is 11.7 Å². The van der Waals surface area contributed by atoms with Gasteiger partial charge >= 0.3 is 0 Å². The average Bonchev–Trinajstić information content (AvgIpc) is 3.39. The molecule has 0 bridgehead atoms.